The summed E-state index contributed by atoms with van der Waals surface area (Å²) < 4.78 is 0. The Labute approximate surface area is 266 Å². The molecule has 0 bridgehead atoms. The maximum atomic E-state index is 13.8. The van der Waals surface area contributed by atoms with Crippen LogP contribution >= 0.6 is 0 Å². The van der Waals surface area contributed by atoms with Gasteiger partial charge in [-0.05, 0) is 64.2 Å². The van der Waals surface area contributed by atoms with Crippen LogP contribution in [0.15, 0.2) is 0 Å². The fraction of sp³-hybridized carbons (Fsp3) is 0.781. The normalized spacial score (nSPS) is 18.0. The van der Waals surface area contributed by atoms with E-state index in [0.717, 1.165) is 0 Å². The Balaban J connectivity index is 3.54. The van der Waals surface area contributed by atoms with Gasteiger partial charge in [-0.25, -0.2) is 4.79 Å². The molecule has 13 nitrogen and oxygen atoms in total. The van der Waals surface area contributed by atoms with Crippen molar-refractivity contribution in [3.05, 3.63) is 0 Å². The second kappa shape index (κ2) is 16.2. The minimum Gasteiger partial charge on any atom is -0.481 e. The van der Waals surface area contributed by atoms with Gasteiger partial charge in [0, 0.05) is 43.7 Å². The standard InChI is InChI=1S/C32H52N4O9/c1-19(2)35-28(43)22(30(5,6)14-20(3)27(42)34-17-21(4)37)15-31(7,8)23(16-32(9,18-33)13-12-26(40)41)29(44)45-36-24(38)10-11-25(36)39/h19-23,37H,10-17H2,1-9H3,(H,34,42)(H,35,43)(H,40,41). The van der Waals surface area contributed by atoms with Crippen molar-refractivity contribution in [3.8, 4) is 6.07 Å². The van der Waals surface area contributed by atoms with Crippen LogP contribution in [0.4, 0.5) is 0 Å². The van der Waals surface area contributed by atoms with Crippen LogP contribution in [-0.2, 0) is 33.6 Å². The SMILES string of the molecule is CC(O)CNC(=O)C(C)CC(C)(C)C(CC(C)(C)C(CC(C)(C#N)CCC(=O)O)C(=O)ON1C(=O)CCC1=O)C(=O)NC(C)C. The number of aliphatic hydroxyl groups excluding tert-OH is 1. The van der Waals surface area contributed by atoms with Crippen LogP contribution in [0.5, 0.6) is 0 Å². The van der Waals surface area contributed by atoms with Crippen molar-refractivity contribution in [3.63, 3.8) is 0 Å². The Morgan fingerprint density at radius 2 is 1.44 bits per heavy atom. The minimum atomic E-state index is -1.29. The number of carboxylic acids is 1. The van der Waals surface area contributed by atoms with E-state index in [-0.39, 0.29) is 69.3 Å². The number of nitrogens with zero attached hydrogens (tertiary/aromatic N) is 2. The van der Waals surface area contributed by atoms with Gasteiger partial charge in [0.2, 0.25) is 11.8 Å². The number of hydroxylamine groups is 2. The number of aliphatic carboxylic acids is 1. The van der Waals surface area contributed by atoms with Crippen LogP contribution in [0.1, 0.15) is 107 Å². The number of carbonyl (C=O) groups is 6. The number of carboxylic acid groups (broad SMARTS) is 1. The Morgan fingerprint density at radius 3 is 1.91 bits per heavy atom. The monoisotopic (exact) mass is 636 g/mol. The van der Waals surface area contributed by atoms with Gasteiger partial charge in [0.1, 0.15) is 0 Å². The van der Waals surface area contributed by atoms with Crippen molar-refractivity contribution < 1.29 is 43.8 Å². The van der Waals surface area contributed by atoms with Crippen LogP contribution in [-0.4, -0.2) is 69.5 Å². The number of aliphatic hydroxyl groups is 1. The molecule has 5 atom stereocenters. The Bertz CT molecular complexity index is 1140. The third-order valence-corrected chi connectivity index (χ3v) is 8.50. The first-order valence-corrected chi connectivity index (χ1v) is 15.5. The highest BCUT2D eigenvalue weighted by Crippen LogP contribution is 2.48. The molecule has 0 saturated carbocycles. The third kappa shape index (κ3) is 12.1. The van der Waals surface area contributed by atoms with Crippen molar-refractivity contribution in [1.82, 2.24) is 15.7 Å². The van der Waals surface area contributed by atoms with E-state index in [4.69, 9.17) is 4.84 Å². The van der Waals surface area contributed by atoms with Crippen LogP contribution in [0, 0.1) is 45.3 Å². The predicted octanol–water partition coefficient (Wildman–Crippen LogP) is 3.10. The van der Waals surface area contributed by atoms with Crippen molar-refractivity contribution in [2.24, 2.45) is 34.0 Å². The molecule has 4 N–H and O–H groups in total. The molecule has 1 heterocycles. The highest BCUT2D eigenvalue weighted by Gasteiger charge is 2.48. The minimum absolute atomic E-state index is 0.0674. The van der Waals surface area contributed by atoms with Gasteiger partial charge in [0.25, 0.3) is 11.8 Å². The molecular formula is C32H52N4O9. The lowest BCUT2D eigenvalue weighted by Crippen LogP contribution is -2.48. The molecule has 1 fully saturated rings. The summed E-state index contributed by atoms with van der Waals surface area (Å²) in [7, 11) is 0. The molecule has 4 amide bonds. The quantitative estimate of drug-likeness (QED) is 0.162. The number of rotatable bonds is 18. The molecule has 0 aromatic heterocycles. The molecular weight excluding hydrogens is 584 g/mol. The smallest absolute Gasteiger partial charge is 0.336 e. The zero-order valence-corrected chi connectivity index (χ0v) is 28.2. The Hall–Kier alpha value is -3.53. The van der Waals surface area contributed by atoms with Gasteiger partial charge in [0.05, 0.1) is 23.5 Å². The number of hydrogen-bond donors (Lipinski definition) is 4. The number of amides is 4. The van der Waals surface area contributed by atoms with Crippen LogP contribution in [0.2, 0.25) is 0 Å². The van der Waals surface area contributed by atoms with Gasteiger partial charge in [-0.3, -0.25) is 24.0 Å². The van der Waals surface area contributed by atoms with E-state index >= 15 is 0 Å². The van der Waals surface area contributed by atoms with E-state index in [0.29, 0.717) is 5.06 Å². The molecule has 0 radical (unpaired) electrons. The highest BCUT2D eigenvalue weighted by molar-refractivity contribution is 6.01. The average Bonchev–Trinajstić information content (AvgIpc) is 3.23. The maximum Gasteiger partial charge on any atom is 0.336 e. The van der Waals surface area contributed by atoms with Gasteiger partial charge < -0.3 is 25.7 Å². The number of hydrogen-bond acceptors (Lipinski definition) is 9. The number of nitrogens with one attached hydrogen (secondary N) is 2. The molecule has 254 valence electrons. The van der Waals surface area contributed by atoms with Crippen molar-refractivity contribution in [1.29, 1.82) is 5.26 Å². The highest BCUT2D eigenvalue weighted by atomic mass is 16.7. The number of nitriles is 1. The Morgan fingerprint density at radius 1 is 0.911 bits per heavy atom. The van der Waals surface area contributed by atoms with Crippen molar-refractivity contribution in [2.45, 2.75) is 119 Å². The summed E-state index contributed by atoms with van der Waals surface area (Å²) in [6, 6.07) is 1.92. The molecule has 5 unspecified atom stereocenters. The molecule has 45 heavy (non-hydrogen) atoms. The second-order valence-electron chi connectivity index (χ2n) is 14.4. The van der Waals surface area contributed by atoms with E-state index in [1.807, 2.05) is 27.7 Å². The Kier molecular flexibility index (Phi) is 14.2. The van der Waals surface area contributed by atoms with Gasteiger partial charge in [0.15, 0.2) is 0 Å². The molecule has 1 rings (SSSR count). The summed E-state index contributed by atoms with van der Waals surface area (Å²) in [5.74, 6) is -6.37. The van der Waals surface area contributed by atoms with Gasteiger partial charge in [-0.2, -0.15) is 5.26 Å². The van der Waals surface area contributed by atoms with E-state index in [1.54, 1.807) is 34.6 Å². The first kappa shape index (κ1) is 39.5. The molecule has 0 aliphatic carbocycles. The average molecular weight is 637 g/mol. The zero-order chi connectivity index (χ0) is 34.9. The molecule has 1 saturated heterocycles. The van der Waals surface area contributed by atoms with E-state index in [2.05, 4.69) is 16.7 Å². The van der Waals surface area contributed by atoms with E-state index in [9.17, 15) is 44.2 Å². The van der Waals surface area contributed by atoms with Gasteiger partial charge >= 0.3 is 11.9 Å². The summed E-state index contributed by atoms with van der Waals surface area (Å²) >= 11 is 0. The fourth-order valence-electron chi connectivity index (χ4n) is 5.75. The van der Waals surface area contributed by atoms with E-state index in [1.165, 1.54) is 0 Å². The molecule has 13 heteroatoms. The number of carbonyl (C=O) groups excluding carboxylic acids is 5. The van der Waals surface area contributed by atoms with Gasteiger partial charge in [-0.1, -0.05) is 34.6 Å². The lowest BCUT2D eigenvalue weighted by Gasteiger charge is -2.43. The fourth-order valence-corrected chi connectivity index (χ4v) is 5.75. The van der Waals surface area contributed by atoms with Crippen LogP contribution in [0.25, 0.3) is 0 Å². The summed E-state index contributed by atoms with van der Waals surface area (Å²) in [5, 5.41) is 35.0. The first-order valence-electron chi connectivity index (χ1n) is 15.5. The molecule has 0 aromatic rings. The van der Waals surface area contributed by atoms with Gasteiger partial charge in [-0.15, -0.1) is 5.06 Å². The summed E-state index contributed by atoms with van der Waals surface area (Å²) in [6.45, 7) is 15.7. The van der Waals surface area contributed by atoms with Crippen LogP contribution < -0.4 is 10.6 Å². The summed E-state index contributed by atoms with van der Waals surface area (Å²) in [6.07, 6.45) is -1.12. The van der Waals surface area contributed by atoms with Crippen LogP contribution in [0.3, 0.4) is 0 Å². The number of imide groups is 1. The largest absolute Gasteiger partial charge is 0.481 e. The predicted molar refractivity (Wildman–Crippen MR) is 163 cm³/mol. The lowest BCUT2D eigenvalue weighted by molar-refractivity contribution is -0.204. The summed E-state index contributed by atoms with van der Waals surface area (Å²) in [4.78, 5) is 81.5. The first-order chi connectivity index (χ1) is 20.5. The summed E-state index contributed by atoms with van der Waals surface area (Å²) in [5.41, 5.74) is -3.17. The molecule has 1 aliphatic heterocycles. The second-order valence-corrected chi connectivity index (χ2v) is 14.4. The topological polar surface area (TPSA) is 203 Å². The zero-order valence-electron chi connectivity index (χ0n) is 28.2. The van der Waals surface area contributed by atoms with Crippen molar-refractivity contribution in [2.75, 3.05) is 6.54 Å². The lowest BCUT2D eigenvalue weighted by atomic mass is 9.61. The molecule has 1 aliphatic rings. The maximum absolute atomic E-state index is 13.8. The van der Waals surface area contributed by atoms with E-state index < -0.39 is 63.9 Å². The molecule has 0 aromatic carbocycles. The third-order valence-electron chi connectivity index (χ3n) is 8.50. The van der Waals surface area contributed by atoms with Crippen molar-refractivity contribution >= 4 is 35.6 Å². The molecule has 0 spiro atoms.